The van der Waals surface area contributed by atoms with Crippen LogP contribution in [0, 0.1) is 0 Å². The summed E-state index contributed by atoms with van der Waals surface area (Å²) in [6.45, 7) is 5.12. The van der Waals surface area contributed by atoms with Crippen LogP contribution < -0.4 is 9.94 Å². The second-order valence-electron chi connectivity index (χ2n) is 6.81. The second-order valence-corrected chi connectivity index (χ2v) is 11.0. The van der Waals surface area contributed by atoms with E-state index in [1.165, 1.54) is 23.5 Å². The van der Waals surface area contributed by atoms with Crippen molar-refractivity contribution in [3.05, 3.63) is 52.8 Å². The first kappa shape index (κ1) is 22.7. The first-order chi connectivity index (χ1) is 14.2. The van der Waals surface area contributed by atoms with E-state index >= 15 is 0 Å². The van der Waals surface area contributed by atoms with Crippen LogP contribution in [0.3, 0.4) is 0 Å². The zero-order chi connectivity index (χ0) is 21.9. The summed E-state index contributed by atoms with van der Waals surface area (Å²) < 4.78 is 31.0. The van der Waals surface area contributed by atoms with Gasteiger partial charge < -0.3 is 9.30 Å². The van der Waals surface area contributed by atoms with Gasteiger partial charge in [0.1, 0.15) is 0 Å². The number of primary sulfonamides is 1. The molecule has 3 rings (SSSR count). The number of thiazole rings is 1. The van der Waals surface area contributed by atoms with E-state index in [0.717, 1.165) is 10.4 Å². The van der Waals surface area contributed by atoms with Gasteiger partial charge in [-0.05, 0) is 42.5 Å². The Labute approximate surface area is 183 Å². The summed E-state index contributed by atoms with van der Waals surface area (Å²) >= 11 is 2.96. The van der Waals surface area contributed by atoms with Gasteiger partial charge in [-0.25, -0.2) is 13.6 Å². The first-order valence-electron chi connectivity index (χ1n) is 9.20. The number of sulfonamides is 1. The fourth-order valence-corrected chi connectivity index (χ4v) is 5.36. The van der Waals surface area contributed by atoms with Gasteiger partial charge in [0.25, 0.3) is 5.91 Å². The lowest BCUT2D eigenvalue weighted by atomic mass is 10.2. The molecule has 0 radical (unpaired) electrons. The van der Waals surface area contributed by atoms with Crippen LogP contribution in [0.25, 0.3) is 10.2 Å². The Bertz CT molecular complexity index is 1230. The summed E-state index contributed by atoms with van der Waals surface area (Å²) in [6.07, 6.45) is 0. The molecule has 0 unspecified atom stereocenters. The maximum absolute atomic E-state index is 12.7. The minimum Gasteiger partial charge on any atom is -0.383 e. The minimum atomic E-state index is -3.82. The van der Waals surface area contributed by atoms with Crippen molar-refractivity contribution >= 4 is 49.2 Å². The smallest absolute Gasteiger partial charge is 0.279 e. The van der Waals surface area contributed by atoms with Gasteiger partial charge in [0.15, 0.2) is 4.80 Å². The van der Waals surface area contributed by atoms with Gasteiger partial charge in [-0.15, -0.1) is 11.8 Å². The zero-order valence-corrected chi connectivity index (χ0v) is 19.3. The lowest BCUT2D eigenvalue weighted by molar-refractivity contribution is 0.0997. The molecule has 0 aliphatic rings. The quantitative estimate of drug-likeness (QED) is 0.540. The molecule has 10 heteroatoms. The number of nitrogens with zero attached hydrogens (tertiary/aromatic N) is 2. The highest BCUT2D eigenvalue weighted by Crippen LogP contribution is 2.24. The molecule has 1 heterocycles. The van der Waals surface area contributed by atoms with Crippen LogP contribution >= 0.6 is 23.1 Å². The Kier molecular flexibility index (Phi) is 7.14. The maximum atomic E-state index is 12.7. The maximum Gasteiger partial charge on any atom is 0.279 e. The Morgan fingerprint density at radius 1 is 1.23 bits per heavy atom. The highest BCUT2D eigenvalue weighted by molar-refractivity contribution is 7.99. The Morgan fingerprint density at radius 3 is 2.53 bits per heavy atom. The Hall–Kier alpha value is -1.98. The third kappa shape index (κ3) is 5.38. The van der Waals surface area contributed by atoms with E-state index < -0.39 is 10.0 Å². The van der Waals surface area contributed by atoms with Gasteiger partial charge in [0.2, 0.25) is 10.0 Å². The predicted molar refractivity (Wildman–Crippen MR) is 120 cm³/mol. The van der Waals surface area contributed by atoms with Crippen molar-refractivity contribution in [2.24, 2.45) is 10.1 Å². The average molecular weight is 466 g/mol. The van der Waals surface area contributed by atoms with Crippen LogP contribution in [0.2, 0.25) is 0 Å². The number of fused-ring (bicyclic) bond motifs is 1. The average Bonchev–Trinajstić information content (AvgIpc) is 3.01. The molecule has 0 saturated carbocycles. The molecule has 2 aromatic carbocycles. The molecule has 30 heavy (non-hydrogen) atoms. The zero-order valence-electron chi connectivity index (χ0n) is 16.9. The third-order valence-corrected chi connectivity index (χ3v) is 7.14. The number of hydrogen-bond acceptors (Lipinski definition) is 6. The van der Waals surface area contributed by atoms with Crippen molar-refractivity contribution in [1.29, 1.82) is 0 Å². The molecule has 0 atom stereocenters. The fourth-order valence-electron chi connectivity index (χ4n) is 2.81. The number of amides is 1. The molecule has 1 aromatic heterocycles. The van der Waals surface area contributed by atoms with Crippen molar-refractivity contribution in [3.8, 4) is 0 Å². The number of methoxy groups -OCH3 is 1. The number of carbonyl (C=O) groups excluding carboxylic acids is 1. The molecule has 0 bridgehead atoms. The molecule has 2 N–H and O–H groups in total. The minimum absolute atomic E-state index is 0.0197. The largest absolute Gasteiger partial charge is 0.383 e. The van der Waals surface area contributed by atoms with Crippen LogP contribution in [-0.4, -0.2) is 37.9 Å². The van der Waals surface area contributed by atoms with E-state index in [-0.39, 0.29) is 10.8 Å². The highest BCUT2D eigenvalue weighted by Gasteiger charge is 2.14. The summed E-state index contributed by atoms with van der Waals surface area (Å²) in [5.74, 6) is -0.361. The Morgan fingerprint density at radius 2 is 1.93 bits per heavy atom. The molecule has 1 amide bonds. The van der Waals surface area contributed by atoms with Crippen LogP contribution in [0.1, 0.15) is 24.2 Å². The van der Waals surface area contributed by atoms with Crippen molar-refractivity contribution < 1.29 is 17.9 Å². The van der Waals surface area contributed by atoms with Gasteiger partial charge in [-0.3, -0.25) is 4.79 Å². The van der Waals surface area contributed by atoms with E-state index in [9.17, 15) is 13.2 Å². The predicted octanol–water partition coefficient (Wildman–Crippen LogP) is 3.24. The van der Waals surface area contributed by atoms with E-state index in [0.29, 0.717) is 33.5 Å². The monoisotopic (exact) mass is 465 g/mol. The van der Waals surface area contributed by atoms with Crippen molar-refractivity contribution in [2.45, 2.75) is 35.4 Å². The fraction of sp³-hybridized carbons (Fsp3) is 0.300. The molecule has 3 aromatic rings. The normalized spacial score (nSPS) is 12.8. The lowest BCUT2D eigenvalue weighted by Crippen LogP contribution is -2.19. The van der Waals surface area contributed by atoms with Crippen molar-refractivity contribution in [3.63, 3.8) is 0 Å². The highest BCUT2D eigenvalue weighted by atomic mass is 32.2. The van der Waals surface area contributed by atoms with E-state index in [1.54, 1.807) is 37.1 Å². The molecular weight excluding hydrogens is 442 g/mol. The molecular formula is C20H23N3O4S3. The molecule has 0 saturated heterocycles. The van der Waals surface area contributed by atoms with Crippen LogP contribution in [-0.2, 0) is 21.3 Å². The molecule has 0 aliphatic carbocycles. The van der Waals surface area contributed by atoms with Crippen LogP contribution in [0.4, 0.5) is 0 Å². The summed E-state index contributed by atoms with van der Waals surface area (Å²) in [7, 11) is -2.23. The first-order valence-corrected chi connectivity index (χ1v) is 12.4. The number of benzene rings is 2. The molecule has 0 spiro atoms. The molecule has 160 valence electrons. The van der Waals surface area contributed by atoms with Gasteiger partial charge in [-0.2, -0.15) is 4.99 Å². The number of rotatable bonds is 7. The summed E-state index contributed by atoms with van der Waals surface area (Å²) in [5.41, 5.74) is 1.25. The van der Waals surface area contributed by atoms with Crippen LogP contribution in [0.5, 0.6) is 0 Å². The van der Waals surface area contributed by atoms with Gasteiger partial charge in [0, 0.05) is 29.4 Å². The third-order valence-electron chi connectivity index (χ3n) is 4.17. The van der Waals surface area contributed by atoms with Gasteiger partial charge >= 0.3 is 0 Å². The van der Waals surface area contributed by atoms with Gasteiger partial charge in [-0.1, -0.05) is 25.2 Å². The lowest BCUT2D eigenvalue weighted by Gasteiger charge is -2.05. The molecule has 0 aliphatic heterocycles. The number of aromatic nitrogens is 1. The van der Waals surface area contributed by atoms with Crippen LogP contribution in [0.15, 0.2) is 57.2 Å². The molecule has 0 fully saturated rings. The standard InChI is InChI=1S/C20H23N3O4S3/c1-13(2)28-15-6-4-14(5-7-15)19(24)22-20-23(10-11-27-3)17-9-8-16(30(21,25)26)12-18(17)29-20/h4-9,12-13H,10-11H2,1-3H3,(H2,21,25,26). The number of hydrogen-bond donors (Lipinski definition) is 1. The summed E-state index contributed by atoms with van der Waals surface area (Å²) in [4.78, 5) is 18.6. The number of thioether (sulfide) groups is 1. The number of ether oxygens (including phenoxy) is 1. The van der Waals surface area contributed by atoms with Crippen molar-refractivity contribution in [1.82, 2.24) is 4.57 Å². The van der Waals surface area contributed by atoms with Crippen molar-refractivity contribution in [2.75, 3.05) is 13.7 Å². The number of carbonyl (C=O) groups is 1. The Balaban J connectivity index is 2.03. The van der Waals surface area contributed by atoms with E-state index in [4.69, 9.17) is 9.88 Å². The SMILES string of the molecule is COCCn1c(=NC(=O)c2ccc(SC(C)C)cc2)sc2cc(S(N)(=O)=O)ccc21. The summed E-state index contributed by atoms with van der Waals surface area (Å²) in [6, 6.07) is 12.0. The summed E-state index contributed by atoms with van der Waals surface area (Å²) in [5, 5.41) is 5.70. The van der Waals surface area contributed by atoms with E-state index in [2.05, 4.69) is 18.8 Å². The van der Waals surface area contributed by atoms with Gasteiger partial charge in [0.05, 0.1) is 21.7 Å². The second kappa shape index (κ2) is 9.44. The van der Waals surface area contributed by atoms with E-state index in [1.807, 2.05) is 16.7 Å². The number of nitrogens with two attached hydrogens (primary N) is 1. The molecule has 7 nitrogen and oxygen atoms in total. The topological polar surface area (TPSA) is 104 Å².